The van der Waals surface area contributed by atoms with Crippen molar-refractivity contribution in [3.63, 3.8) is 0 Å². The number of carbonyl (C=O) groups excluding carboxylic acids is 1. The summed E-state index contributed by atoms with van der Waals surface area (Å²) in [6.07, 6.45) is 3.42. The second-order valence-electron chi connectivity index (χ2n) is 6.64. The van der Waals surface area contributed by atoms with Crippen LogP contribution in [0.25, 0.3) is 17.1 Å². The van der Waals surface area contributed by atoms with Crippen LogP contribution in [0.2, 0.25) is 0 Å². The van der Waals surface area contributed by atoms with Gasteiger partial charge in [0.15, 0.2) is 5.76 Å². The molecule has 1 amide bonds. The zero-order valence-corrected chi connectivity index (χ0v) is 16.4. The quantitative estimate of drug-likeness (QED) is 0.363. The zero-order valence-electron chi connectivity index (χ0n) is 16.4. The van der Waals surface area contributed by atoms with Gasteiger partial charge in [-0.15, -0.1) is 0 Å². The third-order valence-electron chi connectivity index (χ3n) is 4.36. The van der Waals surface area contributed by atoms with Crippen molar-refractivity contribution in [2.24, 2.45) is 5.10 Å². The molecule has 0 bridgehead atoms. The van der Waals surface area contributed by atoms with Crippen LogP contribution in [0.3, 0.4) is 0 Å². The Balaban J connectivity index is 1.49. The predicted molar refractivity (Wildman–Crippen MR) is 117 cm³/mol. The van der Waals surface area contributed by atoms with Gasteiger partial charge in [-0.3, -0.25) is 4.79 Å². The topological polar surface area (TPSA) is 84.5 Å². The highest BCUT2D eigenvalue weighted by atomic mass is 16.3. The number of aromatic nitrogens is 2. The molecule has 7 nitrogen and oxygen atoms in total. The number of hydrazone groups is 1. The van der Waals surface area contributed by atoms with Crippen molar-refractivity contribution in [1.82, 2.24) is 15.2 Å². The second kappa shape index (κ2) is 8.91. The third-order valence-corrected chi connectivity index (χ3v) is 4.36. The lowest BCUT2D eigenvalue weighted by molar-refractivity contribution is -0.119. The zero-order chi connectivity index (χ0) is 20.8. The molecule has 0 aliphatic carbocycles. The van der Waals surface area contributed by atoms with Crippen molar-refractivity contribution in [2.75, 3.05) is 11.9 Å². The van der Waals surface area contributed by atoms with Gasteiger partial charge in [-0.05, 0) is 43.3 Å². The average molecular weight is 399 g/mol. The number of anilines is 1. The highest BCUT2D eigenvalue weighted by Gasteiger charge is 2.14. The Morgan fingerprint density at radius 3 is 2.50 bits per heavy atom. The number of hydrogen-bond acceptors (Lipinski definition) is 5. The van der Waals surface area contributed by atoms with Gasteiger partial charge in [-0.2, -0.15) is 10.2 Å². The van der Waals surface area contributed by atoms with Crippen molar-refractivity contribution in [3.05, 3.63) is 90.3 Å². The monoisotopic (exact) mass is 399 g/mol. The summed E-state index contributed by atoms with van der Waals surface area (Å²) in [5.74, 6) is 1.18. The molecule has 0 fully saturated rings. The maximum atomic E-state index is 12.1. The van der Waals surface area contributed by atoms with Crippen molar-refractivity contribution in [3.8, 4) is 17.1 Å². The van der Waals surface area contributed by atoms with Crippen LogP contribution in [0.15, 0.2) is 88.5 Å². The first-order chi connectivity index (χ1) is 14.7. The number of amides is 1. The van der Waals surface area contributed by atoms with E-state index in [0.717, 1.165) is 22.7 Å². The van der Waals surface area contributed by atoms with Crippen LogP contribution in [-0.4, -0.2) is 28.4 Å². The Hall–Kier alpha value is -4.13. The summed E-state index contributed by atoms with van der Waals surface area (Å²) in [4.78, 5) is 12.1. The number of rotatable bonds is 7. The number of hydrogen-bond donors (Lipinski definition) is 2. The molecular formula is C23H21N5O2. The van der Waals surface area contributed by atoms with E-state index in [0.29, 0.717) is 11.5 Å². The summed E-state index contributed by atoms with van der Waals surface area (Å²) < 4.78 is 7.50. The molecule has 0 aliphatic heterocycles. The van der Waals surface area contributed by atoms with E-state index in [1.807, 2.05) is 85.9 Å². The molecule has 2 aromatic heterocycles. The van der Waals surface area contributed by atoms with E-state index in [-0.39, 0.29) is 12.5 Å². The van der Waals surface area contributed by atoms with Gasteiger partial charge in [0.1, 0.15) is 11.5 Å². The first-order valence-corrected chi connectivity index (χ1v) is 9.52. The minimum Gasteiger partial charge on any atom is -0.460 e. The fourth-order valence-electron chi connectivity index (χ4n) is 2.90. The van der Waals surface area contributed by atoms with Crippen molar-refractivity contribution in [1.29, 1.82) is 0 Å². The third kappa shape index (κ3) is 4.64. The standard InChI is InChI=1S/C23H21N5O2/c1-17-12-13-21(30-17)23-18(16-28(27-23)20-10-6-3-7-11-20)14-25-26-22(29)15-24-19-8-4-2-5-9-19/h2-14,16,24H,15H2,1H3,(H,26,29)/b25-14-. The molecule has 2 heterocycles. The van der Waals surface area contributed by atoms with Gasteiger partial charge >= 0.3 is 0 Å². The molecule has 4 rings (SSSR count). The van der Waals surface area contributed by atoms with E-state index >= 15 is 0 Å². The number of nitrogens with one attached hydrogen (secondary N) is 2. The van der Waals surface area contributed by atoms with Crippen LogP contribution in [0.5, 0.6) is 0 Å². The van der Waals surface area contributed by atoms with E-state index in [4.69, 9.17) is 4.42 Å². The van der Waals surface area contributed by atoms with E-state index in [1.165, 1.54) is 0 Å². The lowest BCUT2D eigenvalue weighted by atomic mass is 10.2. The smallest absolute Gasteiger partial charge is 0.259 e. The summed E-state index contributed by atoms with van der Waals surface area (Å²) >= 11 is 0. The van der Waals surface area contributed by atoms with Crippen molar-refractivity contribution >= 4 is 17.8 Å². The molecule has 150 valence electrons. The first-order valence-electron chi connectivity index (χ1n) is 9.52. The Morgan fingerprint density at radius 1 is 1.07 bits per heavy atom. The van der Waals surface area contributed by atoms with Gasteiger partial charge in [0.2, 0.25) is 0 Å². The number of aryl methyl sites for hydroxylation is 1. The van der Waals surface area contributed by atoms with Crippen LogP contribution in [0, 0.1) is 6.92 Å². The van der Waals surface area contributed by atoms with Crippen LogP contribution < -0.4 is 10.7 Å². The molecule has 7 heteroatoms. The summed E-state index contributed by atoms with van der Waals surface area (Å²) in [6.45, 7) is 2.00. The van der Waals surface area contributed by atoms with Gasteiger partial charge < -0.3 is 9.73 Å². The van der Waals surface area contributed by atoms with Crippen LogP contribution in [-0.2, 0) is 4.79 Å². The van der Waals surface area contributed by atoms with Gasteiger partial charge in [-0.25, -0.2) is 10.1 Å². The summed E-state index contributed by atoms with van der Waals surface area (Å²) in [5.41, 5.74) is 5.69. The Labute approximate surface area is 174 Å². The molecule has 0 aliphatic rings. The molecular weight excluding hydrogens is 378 g/mol. The number of nitrogens with zero attached hydrogens (tertiary/aromatic N) is 3. The lowest BCUT2D eigenvalue weighted by Crippen LogP contribution is -2.25. The molecule has 0 unspecified atom stereocenters. The highest BCUT2D eigenvalue weighted by molar-refractivity contribution is 5.89. The molecule has 2 N–H and O–H groups in total. The molecule has 30 heavy (non-hydrogen) atoms. The molecule has 2 aromatic carbocycles. The van der Waals surface area contributed by atoms with Crippen molar-refractivity contribution < 1.29 is 9.21 Å². The number of benzene rings is 2. The summed E-state index contributed by atoms with van der Waals surface area (Å²) in [6, 6.07) is 23.0. The lowest BCUT2D eigenvalue weighted by Gasteiger charge is -2.04. The van der Waals surface area contributed by atoms with E-state index < -0.39 is 0 Å². The number of carbonyl (C=O) groups is 1. The predicted octanol–water partition coefficient (Wildman–Crippen LogP) is 4.00. The summed E-state index contributed by atoms with van der Waals surface area (Å²) in [7, 11) is 0. The normalized spacial score (nSPS) is 11.0. The van der Waals surface area contributed by atoms with Crippen molar-refractivity contribution in [2.45, 2.75) is 6.92 Å². The summed E-state index contributed by atoms with van der Waals surface area (Å²) in [5, 5.41) is 11.8. The number of furan rings is 1. The minimum absolute atomic E-state index is 0.120. The van der Waals surface area contributed by atoms with Gasteiger partial charge in [0.05, 0.1) is 18.4 Å². The van der Waals surface area contributed by atoms with Gasteiger partial charge in [0.25, 0.3) is 5.91 Å². The Bertz CT molecular complexity index is 1150. The Morgan fingerprint density at radius 2 is 1.80 bits per heavy atom. The maximum absolute atomic E-state index is 12.1. The molecule has 0 radical (unpaired) electrons. The number of para-hydroxylation sites is 2. The fourth-order valence-corrected chi connectivity index (χ4v) is 2.90. The van der Waals surface area contributed by atoms with Gasteiger partial charge in [0, 0.05) is 17.4 Å². The van der Waals surface area contributed by atoms with E-state index in [2.05, 4.69) is 20.9 Å². The van der Waals surface area contributed by atoms with E-state index in [9.17, 15) is 4.79 Å². The average Bonchev–Trinajstić information content (AvgIpc) is 3.40. The largest absolute Gasteiger partial charge is 0.460 e. The van der Waals surface area contributed by atoms with Gasteiger partial charge in [-0.1, -0.05) is 36.4 Å². The SMILES string of the molecule is Cc1ccc(-c2nn(-c3ccccc3)cc2/C=N\NC(=O)CNc2ccccc2)o1. The van der Waals surface area contributed by atoms with Crippen LogP contribution in [0.1, 0.15) is 11.3 Å². The van der Waals surface area contributed by atoms with E-state index in [1.54, 1.807) is 10.9 Å². The molecule has 0 saturated carbocycles. The second-order valence-corrected chi connectivity index (χ2v) is 6.64. The van der Waals surface area contributed by atoms with Crippen LogP contribution in [0.4, 0.5) is 5.69 Å². The highest BCUT2D eigenvalue weighted by Crippen LogP contribution is 2.24. The van der Waals surface area contributed by atoms with Crippen LogP contribution >= 0.6 is 0 Å². The molecule has 0 spiro atoms. The maximum Gasteiger partial charge on any atom is 0.259 e. The molecule has 0 saturated heterocycles. The fraction of sp³-hybridized carbons (Fsp3) is 0.0870. The minimum atomic E-state index is -0.249. The Kier molecular flexibility index (Phi) is 5.70. The first kappa shape index (κ1) is 19.2. The molecule has 0 atom stereocenters. The molecule has 4 aromatic rings.